The van der Waals surface area contributed by atoms with Crippen LogP contribution in [-0.4, -0.2) is 13.1 Å². The van der Waals surface area contributed by atoms with E-state index in [4.69, 9.17) is 14.7 Å². The van der Waals surface area contributed by atoms with Crippen molar-refractivity contribution in [3.63, 3.8) is 0 Å². The Balaban J connectivity index is 2.08. The highest BCUT2D eigenvalue weighted by atomic mass is 19.1. The third-order valence-corrected chi connectivity index (χ3v) is 5.63. The van der Waals surface area contributed by atoms with Gasteiger partial charge in [0.25, 0.3) is 0 Å². The minimum absolute atomic E-state index is 0.0765. The Morgan fingerprint density at radius 2 is 1.80 bits per heavy atom. The van der Waals surface area contributed by atoms with E-state index in [0.29, 0.717) is 29.0 Å². The molecule has 5 nitrogen and oxygen atoms in total. The highest BCUT2D eigenvalue weighted by Gasteiger charge is 2.27. The van der Waals surface area contributed by atoms with Crippen molar-refractivity contribution in [2.24, 2.45) is 0 Å². The van der Waals surface area contributed by atoms with Gasteiger partial charge in [0.2, 0.25) is 0 Å². The van der Waals surface area contributed by atoms with Gasteiger partial charge in [-0.05, 0) is 72.5 Å². The Hall–Kier alpha value is -3.92. The number of nitriles is 1. The molecule has 1 atom stereocenters. The second-order valence-corrected chi connectivity index (χ2v) is 8.09. The average molecular weight is 479 g/mol. The van der Waals surface area contributed by atoms with Gasteiger partial charge in [-0.1, -0.05) is 26.3 Å². The number of hydrogen-bond acceptors (Lipinski definition) is 5. The Bertz CT molecular complexity index is 1220. The fourth-order valence-corrected chi connectivity index (χ4v) is 3.82. The number of anilines is 1. The molecule has 0 bridgehead atoms. The predicted molar refractivity (Wildman–Crippen MR) is 130 cm³/mol. The van der Waals surface area contributed by atoms with Crippen molar-refractivity contribution in [2.75, 3.05) is 12.4 Å². The van der Waals surface area contributed by atoms with Crippen LogP contribution in [0.25, 0.3) is 0 Å². The van der Waals surface area contributed by atoms with Crippen LogP contribution in [-0.2, 0) is 29.0 Å². The smallest absolute Gasteiger partial charge is 0.333 e. The quantitative estimate of drug-likeness (QED) is 0.349. The molecule has 3 aromatic carbocycles. The molecule has 0 amide bonds. The summed E-state index contributed by atoms with van der Waals surface area (Å²) < 4.78 is 39.2. The summed E-state index contributed by atoms with van der Waals surface area (Å²) >= 11 is 0. The molecule has 1 N–H and O–H groups in total. The molecule has 0 heterocycles. The normalized spacial score (nSPS) is 11.4. The Labute approximate surface area is 204 Å². The first-order valence-corrected chi connectivity index (χ1v) is 11.5. The summed E-state index contributed by atoms with van der Waals surface area (Å²) in [5, 5.41) is 12.2. The topological polar surface area (TPSA) is 71.4 Å². The molecule has 3 rings (SSSR count). The zero-order valence-corrected chi connectivity index (χ0v) is 20.0. The van der Waals surface area contributed by atoms with Gasteiger partial charge in [0, 0.05) is 16.8 Å². The molecular formula is C28H28F2N2O3. The number of ether oxygens (including phenoxy) is 2. The second kappa shape index (κ2) is 12.0. The van der Waals surface area contributed by atoms with E-state index in [-0.39, 0.29) is 12.2 Å². The molecule has 0 saturated heterocycles. The molecule has 1 unspecified atom stereocenters. The number of benzene rings is 3. The maximum absolute atomic E-state index is 14.3. The fraction of sp³-hybridized carbons (Fsp3) is 0.286. The number of hydrogen-bond donors (Lipinski definition) is 1. The van der Waals surface area contributed by atoms with Gasteiger partial charge in [-0.15, -0.1) is 0 Å². The van der Waals surface area contributed by atoms with Crippen molar-refractivity contribution in [2.45, 2.75) is 45.8 Å². The van der Waals surface area contributed by atoms with Crippen LogP contribution in [0.15, 0.2) is 54.6 Å². The van der Waals surface area contributed by atoms with E-state index in [1.165, 1.54) is 7.11 Å². The lowest BCUT2D eigenvalue weighted by molar-refractivity contribution is -0.141. The SMILES string of the molecule is CCCc1cc(CC)cc(C(Nc2ccc(C#N)cc2)C(=O)OC)c1OCc1cc(F)ccc1F. The maximum Gasteiger partial charge on any atom is 0.333 e. The third kappa shape index (κ3) is 6.36. The number of carbonyl (C=O) groups is 1. The van der Waals surface area contributed by atoms with E-state index in [2.05, 4.69) is 11.4 Å². The lowest BCUT2D eigenvalue weighted by Gasteiger charge is -2.24. The third-order valence-electron chi connectivity index (χ3n) is 5.63. The molecule has 3 aromatic rings. The van der Waals surface area contributed by atoms with Crippen molar-refractivity contribution >= 4 is 11.7 Å². The maximum atomic E-state index is 14.3. The number of carbonyl (C=O) groups excluding carboxylic acids is 1. The standard InChI is InChI=1S/C28H28F2N2O3/c1-4-6-20-13-18(5-2)14-24(27(20)35-17-21-15-22(29)9-12-25(21)30)26(28(33)34-3)32-23-10-7-19(16-31)8-11-23/h7-15,26,32H,4-6,17H2,1-3H3. The number of rotatable bonds is 10. The molecule has 0 aromatic heterocycles. The minimum atomic E-state index is -0.928. The van der Waals surface area contributed by atoms with E-state index in [0.717, 1.165) is 42.2 Å². The Morgan fingerprint density at radius 1 is 1.06 bits per heavy atom. The van der Waals surface area contributed by atoms with E-state index < -0.39 is 23.6 Å². The van der Waals surface area contributed by atoms with E-state index in [9.17, 15) is 13.6 Å². The van der Waals surface area contributed by atoms with Crippen LogP contribution in [0.5, 0.6) is 5.75 Å². The van der Waals surface area contributed by atoms with Gasteiger partial charge >= 0.3 is 5.97 Å². The van der Waals surface area contributed by atoms with Gasteiger partial charge < -0.3 is 14.8 Å². The zero-order valence-electron chi connectivity index (χ0n) is 20.0. The van der Waals surface area contributed by atoms with Crippen LogP contribution in [0, 0.1) is 23.0 Å². The molecule has 0 radical (unpaired) electrons. The zero-order chi connectivity index (χ0) is 25.4. The predicted octanol–water partition coefficient (Wildman–Crippen LogP) is 6.26. The lowest BCUT2D eigenvalue weighted by Crippen LogP contribution is -2.24. The summed E-state index contributed by atoms with van der Waals surface area (Å²) in [5.74, 6) is -1.23. The summed E-state index contributed by atoms with van der Waals surface area (Å²) in [6, 6.07) is 14.9. The van der Waals surface area contributed by atoms with Crippen LogP contribution in [0.1, 0.15) is 54.1 Å². The molecule has 0 saturated carbocycles. The van der Waals surface area contributed by atoms with Crippen LogP contribution in [0.4, 0.5) is 14.5 Å². The molecule has 0 aliphatic carbocycles. The first kappa shape index (κ1) is 25.7. The Kier molecular flexibility index (Phi) is 8.80. The van der Waals surface area contributed by atoms with Crippen molar-refractivity contribution in [1.82, 2.24) is 0 Å². The van der Waals surface area contributed by atoms with Gasteiger partial charge in [-0.3, -0.25) is 0 Å². The van der Waals surface area contributed by atoms with Crippen LogP contribution in [0.3, 0.4) is 0 Å². The van der Waals surface area contributed by atoms with Crippen LogP contribution >= 0.6 is 0 Å². The fourth-order valence-electron chi connectivity index (χ4n) is 3.82. The van der Waals surface area contributed by atoms with Crippen molar-refractivity contribution in [3.05, 3.63) is 94.0 Å². The number of methoxy groups -OCH3 is 1. The van der Waals surface area contributed by atoms with Gasteiger partial charge in [-0.2, -0.15) is 5.26 Å². The summed E-state index contributed by atoms with van der Waals surface area (Å²) in [4.78, 5) is 12.9. The largest absolute Gasteiger partial charge is 0.488 e. The molecule has 0 aliphatic rings. The molecule has 35 heavy (non-hydrogen) atoms. The number of halogens is 2. The van der Waals surface area contributed by atoms with E-state index in [1.54, 1.807) is 24.3 Å². The summed E-state index contributed by atoms with van der Waals surface area (Å²) in [7, 11) is 1.30. The first-order chi connectivity index (χ1) is 16.9. The number of esters is 1. The van der Waals surface area contributed by atoms with Crippen molar-refractivity contribution in [3.8, 4) is 11.8 Å². The minimum Gasteiger partial charge on any atom is -0.488 e. The summed E-state index contributed by atoms with van der Waals surface area (Å²) in [5.41, 5.74) is 3.59. The molecule has 182 valence electrons. The lowest BCUT2D eigenvalue weighted by atomic mass is 9.95. The summed E-state index contributed by atoms with van der Waals surface area (Å²) in [6.45, 7) is 3.84. The highest BCUT2D eigenvalue weighted by molar-refractivity contribution is 5.82. The number of nitrogens with one attached hydrogen (secondary N) is 1. The van der Waals surface area contributed by atoms with Gasteiger partial charge in [0.05, 0.1) is 18.7 Å². The van der Waals surface area contributed by atoms with Gasteiger partial charge in [-0.25, -0.2) is 13.6 Å². The van der Waals surface area contributed by atoms with Gasteiger partial charge in [0.15, 0.2) is 6.04 Å². The second-order valence-electron chi connectivity index (χ2n) is 8.09. The van der Waals surface area contributed by atoms with Crippen LogP contribution < -0.4 is 10.1 Å². The number of aryl methyl sites for hydroxylation is 2. The van der Waals surface area contributed by atoms with Gasteiger partial charge in [0.1, 0.15) is 24.0 Å². The molecule has 7 heteroatoms. The monoisotopic (exact) mass is 478 g/mol. The van der Waals surface area contributed by atoms with Crippen molar-refractivity contribution < 1.29 is 23.0 Å². The molecule has 0 spiro atoms. The van der Waals surface area contributed by atoms with E-state index in [1.807, 2.05) is 26.0 Å². The van der Waals surface area contributed by atoms with Crippen molar-refractivity contribution in [1.29, 1.82) is 5.26 Å². The molecule has 0 fully saturated rings. The number of nitrogens with zero attached hydrogens (tertiary/aromatic N) is 1. The average Bonchev–Trinajstić information content (AvgIpc) is 2.88. The molecular weight excluding hydrogens is 450 g/mol. The molecule has 0 aliphatic heterocycles. The van der Waals surface area contributed by atoms with E-state index >= 15 is 0 Å². The first-order valence-electron chi connectivity index (χ1n) is 11.5. The summed E-state index contributed by atoms with van der Waals surface area (Å²) in [6.07, 6.45) is 2.23. The highest BCUT2D eigenvalue weighted by Crippen LogP contribution is 2.35. The Morgan fingerprint density at radius 3 is 2.43 bits per heavy atom. The van der Waals surface area contributed by atoms with Crippen LogP contribution in [0.2, 0.25) is 0 Å².